The highest BCUT2D eigenvalue weighted by Gasteiger charge is 2.23. The van der Waals surface area contributed by atoms with Gasteiger partial charge in [0.15, 0.2) is 11.6 Å². The molecular formula is C9H8F2O2. The van der Waals surface area contributed by atoms with E-state index in [1.165, 1.54) is 6.07 Å². The van der Waals surface area contributed by atoms with Crippen LogP contribution in [0.5, 0.6) is 5.75 Å². The number of halogens is 2. The van der Waals surface area contributed by atoms with E-state index in [1.54, 1.807) is 0 Å². The molecule has 1 atom stereocenters. The van der Waals surface area contributed by atoms with Crippen LogP contribution in [-0.4, -0.2) is 19.3 Å². The summed E-state index contributed by atoms with van der Waals surface area (Å²) in [6, 6.07) is 3.22. The minimum Gasteiger partial charge on any atom is -0.488 e. The summed E-state index contributed by atoms with van der Waals surface area (Å²) in [5.74, 6) is -1.22. The highest BCUT2D eigenvalue weighted by Crippen LogP contribution is 2.19. The molecule has 4 heteroatoms. The monoisotopic (exact) mass is 186 g/mol. The second-order valence-electron chi connectivity index (χ2n) is 2.84. The van der Waals surface area contributed by atoms with Crippen molar-refractivity contribution in [1.82, 2.24) is 0 Å². The molecule has 0 radical (unpaired) electrons. The highest BCUT2D eigenvalue weighted by molar-refractivity contribution is 5.24. The molecule has 0 spiro atoms. The summed E-state index contributed by atoms with van der Waals surface area (Å²) < 4.78 is 35.3. The molecule has 13 heavy (non-hydrogen) atoms. The molecule has 2 nitrogen and oxygen atoms in total. The van der Waals surface area contributed by atoms with E-state index in [1.807, 2.05) is 0 Å². The zero-order chi connectivity index (χ0) is 9.26. The van der Waals surface area contributed by atoms with Gasteiger partial charge in [-0.3, -0.25) is 0 Å². The van der Waals surface area contributed by atoms with Crippen molar-refractivity contribution < 1.29 is 18.3 Å². The van der Waals surface area contributed by atoms with E-state index in [-0.39, 0.29) is 11.9 Å². The van der Waals surface area contributed by atoms with Crippen molar-refractivity contribution in [3.8, 4) is 5.75 Å². The smallest absolute Gasteiger partial charge is 0.167 e. The van der Waals surface area contributed by atoms with Gasteiger partial charge < -0.3 is 9.47 Å². The van der Waals surface area contributed by atoms with Gasteiger partial charge in [0.25, 0.3) is 0 Å². The first-order valence-electron chi connectivity index (χ1n) is 3.95. The maximum absolute atomic E-state index is 12.9. The summed E-state index contributed by atoms with van der Waals surface area (Å²) in [6.45, 7) is 0.978. The van der Waals surface area contributed by atoms with Gasteiger partial charge in [-0.2, -0.15) is 0 Å². The van der Waals surface area contributed by atoms with Gasteiger partial charge in [-0.25, -0.2) is 8.78 Å². The maximum Gasteiger partial charge on any atom is 0.167 e. The van der Waals surface area contributed by atoms with Crippen LogP contribution in [0.3, 0.4) is 0 Å². The zero-order valence-electron chi connectivity index (χ0n) is 6.80. The minimum absolute atomic E-state index is 0.0666. The Kier molecular flexibility index (Phi) is 2.14. The largest absolute Gasteiger partial charge is 0.488 e. The molecular weight excluding hydrogens is 178 g/mol. The van der Waals surface area contributed by atoms with Gasteiger partial charge in [0.1, 0.15) is 18.5 Å². The molecule has 1 aliphatic rings. The second-order valence-corrected chi connectivity index (χ2v) is 2.84. The molecule has 1 heterocycles. The highest BCUT2D eigenvalue weighted by atomic mass is 19.1. The van der Waals surface area contributed by atoms with E-state index < -0.39 is 11.6 Å². The number of rotatable bonds is 3. The van der Waals surface area contributed by atoms with E-state index in [2.05, 4.69) is 0 Å². The molecule has 0 unspecified atom stereocenters. The topological polar surface area (TPSA) is 21.8 Å². The first-order chi connectivity index (χ1) is 6.25. The number of ether oxygens (including phenoxy) is 2. The fourth-order valence-corrected chi connectivity index (χ4v) is 0.939. The average molecular weight is 186 g/mol. The normalized spacial score (nSPS) is 20.0. The van der Waals surface area contributed by atoms with Crippen LogP contribution in [0.25, 0.3) is 0 Å². The predicted molar refractivity (Wildman–Crippen MR) is 41.6 cm³/mol. The van der Waals surface area contributed by atoms with Crippen LogP contribution in [-0.2, 0) is 4.74 Å². The molecule has 0 aliphatic carbocycles. The van der Waals surface area contributed by atoms with E-state index in [4.69, 9.17) is 9.47 Å². The van der Waals surface area contributed by atoms with Crippen molar-refractivity contribution in [2.45, 2.75) is 6.10 Å². The Morgan fingerprint density at radius 1 is 1.46 bits per heavy atom. The fourth-order valence-electron chi connectivity index (χ4n) is 0.939. The van der Waals surface area contributed by atoms with Crippen LogP contribution in [0.2, 0.25) is 0 Å². The van der Waals surface area contributed by atoms with Crippen LogP contribution in [0.15, 0.2) is 18.2 Å². The van der Waals surface area contributed by atoms with Gasteiger partial charge in [-0.05, 0) is 12.1 Å². The molecule has 70 valence electrons. The molecule has 1 fully saturated rings. The summed E-state index contributed by atoms with van der Waals surface area (Å²) in [6.07, 6.45) is 0.0736. The average Bonchev–Trinajstić information content (AvgIpc) is 2.86. The predicted octanol–water partition coefficient (Wildman–Crippen LogP) is 1.74. The quantitative estimate of drug-likeness (QED) is 0.670. The van der Waals surface area contributed by atoms with Gasteiger partial charge in [0.05, 0.1) is 6.61 Å². The molecule has 2 rings (SSSR count). The number of benzene rings is 1. The Bertz CT molecular complexity index is 310. The maximum atomic E-state index is 12.9. The second kappa shape index (κ2) is 3.30. The molecule has 0 bridgehead atoms. The van der Waals surface area contributed by atoms with Crippen LogP contribution in [0, 0.1) is 11.6 Å². The lowest BCUT2D eigenvalue weighted by atomic mass is 10.3. The van der Waals surface area contributed by atoms with E-state index in [9.17, 15) is 8.78 Å². The number of epoxide rings is 1. The van der Waals surface area contributed by atoms with Crippen molar-refractivity contribution in [3.05, 3.63) is 29.8 Å². The van der Waals surface area contributed by atoms with Gasteiger partial charge in [-0.1, -0.05) is 0 Å². The third-order valence-corrected chi connectivity index (χ3v) is 1.72. The van der Waals surface area contributed by atoms with Crippen LogP contribution in [0.1, 0.15) is 0 Å². The minimum atomic E-state index is -0.680. The Balaban J connectivity index is 2.01. The van der Waals surface area contributed by atoms with Crippen molar-refractivity contribution >= 4 is 0 Å². The third-order valence-electron chi connectivity index (χ3n) is 1.72. The SMILES string of the molecule is Fc1ccc(OC[C@H]2CO2)c(F)c1. The van der Waals surface area contributed by atoms with E-state index >= 15 is 0 Å². The molecule has 0 N–H and O–H groups in total. The summed E-state index contributed by atoms with van der Waals surface area (Å²) in [5.41, 5.74) is 0. The molecule has 0 aromatic heterocycles. The van der Waals surface area contributed by atoms with E-state index in [0.29, 0.717) is 13.2 Å². The van der Waals surface area contributed by atoms with Gasteiger partial charge in [0, 0.05) is 6.07 Å². The summed E-state index contributed by atoms with van der Waals surface area (Å²) >= 11 is 0. The lowest BCUT2D eigenvalue weighted by molar-refractivity contribution is 0.253. The number of hydrogen-bond acceptors (Lipinski definition) is 2. The first-order valence-corrected chi connectivity index (χ1v) is 3.95. The Hall–Kier alpha value is -1.16. The van der Waals surface area contributed by atoms with E-state index in [0.717, 1.165) is 12.1 Å². The lowest BCUT2D eigenvalue weighted by Gasteiger charge is -2.04. The number of hydrogen-bond donors (Lipinski definition) is 0. The molecule has 1 saturated heterocycles. The van der Waals surface area contributed by atoms with Crippen LogP contribution < -0.4 is 4.74 Å². The molecule has 1 aliphatic heterocycles. The Labute approximate surface area is 74.1 Å². The van der Waals surface area contributed by atoms with Gasteiger partial charge in [-0.15, -0.1) is 0 Å². The molecule has 0 saturated carbocycles. The molecule has 0 amide bonds. The van der Waals surface area contributed by atoms with Gasteiger partial charge in [0.2, 0.25) is 0 Å². The summed E-state index contributed by atoms with van der Waals surface area (Å²) in [7, 11) is 0. The van der Waals surface area contributed by atoms with Gasteiger partial charge >= 0.3 is 0 Å². The van der Waals surface area contributed by atoms with Crippen molar-refractivity contribution in [2.75, 3.05) is 13.2 Å². The fraction of sp³-hybridized carbons (Fsp3) is 0.333. The summed E-state index contributed by atoms with van der Waals surface area (Å²) in [4.78, 5) is 0. The lowest BCUT2D eigenvalue weighted by Crippen LogP contribution is -2.05. The third kappa shape index (κ3) is 2.15. The first kappa shape index (κ1) is 8.44. The molecule has 1 aromatic rings. The Morgan fingerprint density at radius 3 is 2.85 bits per heavy atom. The van der Waals surface area contributed by atoms with Crippen molar-refractivity contribution in [2.24, 2.45) is 0 Å². The molecule has 1 aromatic carbocycles. The van der Waals surface area contributed by atoms with Crippen molar-refractivity contribution in [1.29, 1.82) is 0 Å². The van der Waals surface area contributed by atoms with Crippen molar-refractivity contribution in [3.63, 3.8) is 0 Å². The van der Waals surface area contributed by atoms with Crippen LogP contribution in [0.4, 0.5) is 8.78 Å². The standard InChI is InChI=1S/C9H8F2O2/c10-6-1-2-9(8(11)3-6)13-5-7-4-12-7/h1-3,7H,4-5H2/t7-/m1/s1. The Morgan fingerprint density at radius 2 is 2.23 bits per heavy atom. The zero-order valence-corrected chi connectivity index (χ0v) is 6.80. The summed E-state index contributed by atoms with van der Waals surface area (Å²) in [5, 5.41) is 0. The van der Waals surface area contributed by atoms with Crippen LogP contribution >= 0.6 is 0 Å².